The molecule has 2 heteroatoms. The summed E-state index contributed by atoms with van der Waals surface area (Å²) in [5, 5.41) is 11.0. The van der Waals surface area contributed by atoms with E-state index in [1.54, 1.807) is 0 Å². The molecule has 106 valence electrons. The van der Waals surface area contributed by atoms with Crippen LogP contribution in [0.15, 0.2) is 0 Å². The van der Waals surface area contributed by atoms with E-state index in [-0.39, 0.29) is 5.60 Å². The van der Waals surface area contributed by atoms with Crippen LogP contribution in [0.4, 0.5) is 0 Å². The van der Waals surface area contributed by atoms with E-state index in [9.17, 15) is 5.11 Å². The minimum Gasteiger partial charge on any atom is -0.390 e. The van der Waals surface area contributed by atoms with Gasteiger partial charge in [0.2, 0.25) is 0 Å². The molecule has 2 fully saturated rings. The molecule has 2 aliphatic rings. The average molecular weight is 253 g/mol. The minimum absolute atomic E-state index is 0.361. The molecule has 0 bridgehead atoms. The zero-order chi connectivity index (χ0) is 13.3. The second-order valence-electron chi connectivity index (χ2n) is 7.20. The number of piperidine rings is 1. The molecule has 1 saturated carbocycles. The molecule has 3 unspecified atom stereocenters. The molecule has 0 aromatic rings. The molecular weight excluding hydrogens is 222 g/mol. The van der Waals surface area contributed by atoms with Crippen molar-refractivity contribution in [2.45, 2.75) is 71.4 Å². The molecule has 1 aliphatic carbocycles. The van der Waals surface area contributed by atoms with Crippen molar-refractivity contribution in [3.63, 3.8) is 0 Å². The molecule has 1 saturated heterocycles. The maximum absolute atomic E-state index is 11.0. The fourth-order valence-electron chi connectivity index (χ4n) is 3.87. The molecule has 2 nitrogen and oxygen atoms in total. The van der Waals surface area contributed by atoms with Crippen LogP contribution in [0, 0.1) is 17.8 Å². The van der Waals surface area contributed by atoms with Crippen LogP contribution < -0.4 is 0 Å². The van der Waals surface area contributed by atoms with Crippen molar-refractivity contribution in [2.75, 3.05) is 13.1 Å². The van der Waals surface area contributed by atoms with E-state index in [4.69, 9.17) is 0 Å². The lowest BCUT2D eigenvalue weighted by Gasteiger charge is -2.47. The van der Waals surface area contributed by atoms with Gasteiger partial charge in [-0.15, -0.1) is 0 Å². The van der Waals surface area contributed by atoms with Gasteiger partial charge in [0.05, 0.1) is 5.60 Å². The highest BCUT2D eigenvalue weighted by molar-refractivity contribution is 4.94. The standard InChI is InChI=1S/C16H31NO/c1-12(2)17-9-7-16(18,8-10-17)15-6-5-13(3)14(4)11-15/h12-15,18H,5-11H2,1-4H3. The Morgan fingerprint density at radius 2 is 1.67 bits per heavy atom. The molecule has 1 N–H and O–H groups in total. The van der Waals surface area contributed by atoms with Gasteiger partial charge < -0.3 is 10.0 Å². The first kappa shape index (κ1) is 14.3. The third-order valence-electron chi connectivity index (χ3n) is 5.75. The Hall–Kier alpha value is -0.0800. The van der Waals surface area contributed by atoms with Gasteiger partial charge in [0.25, 0.3) is 0 Å². The summed E-state index contributed by atoms with van der Waals surface area (Å²) in [5.74, 6) is 2.19. The largest absolute Gasteiger partial charge is 0.390 e. The second kappa shape index (κ2) is 5.50. The van der Waals surface area contributed by atoms with Crippen molar-refractivity contribution in [1.29, 1.82) is 0 Å². The molecule has 0 aromatic carbocycles. The third-order valence-corrected chi connectivity index (χ3v) is 5.75. The van der Waals surface area contributed by atoms with E-state index in [2.05, 4.69) is 32.6 Å². The highest BCUT2D eigenvalue weighted by Gasteiger charge is 2.42. The van der Waals surface area contributed by atoms with Gasteiger partial charge in [-0.2, -0.15) is 0 Å². The van der Waals surface area contributed by atoms with E-state index in [0.717, 1.165) is 37.8 Å². The van der Waals surface area contributed by atoms with Gasteiger partial charge in [-0.25, -0.2) is 0 Å². The van der Waals surface area contributed by atoms with E-state index in [1.165, 1.54) is 19.3 Å². The van der Waals surface area contributed by atoms with Crippen LogP contribution in [-0.2, 0) is 0 Å². The molecule has 1 aliphatic heterocycles. The number of likely N-dealkylation sites (tertiary alicyclic amines) is 1. The molecule has 1 heterocycles. The van der Waals surface area contributed by atoms with Crippen LogP contribution in [0.1, 0.15) is 59.8 Å². The number of nitrogens with zero attached hydrogens (tertiary/aromatic N) is 1. The summed E-state index contributed by atoms with van der Waals surface area (Å²) < 4.78 is 0. The molecule has 0 radical (unpaired) electrons. The summed E-state index contributed by atoms with van der Waals surface area (Å²) in [5.41, 5.74) is -0.361. The first-order valence-electron chi connectivity index (χ1n) is 7.89. The van der Waals surface area contributed by atoms with Crippen LogP contribution in [0.3, 0.4) is 0 Å². The van der Waals surface area contributed by atoms with Crippen molar-refractivity contribution >= 4 is 0 Å². The Morgan fingerprint density at radius 3 is 2.17 bits per heavy atom. The zero-order valence-electron chi connectivity index (χ0n) is 12.7. The maximum atomic E-state index is 11.0. The average Bonchev–Trinajstić information content (AvgIpc) is 2.33. The Labute approximate surface area is 113 Å². The Kier molecular flexibility index (Phi) is 4.38. The lowest BCUT2D eigenvalue weighted by Crippen LogP contribution is -2.51. The Morgan fingerprint density at radius 1 is 1.06 bits per heavy atom. The summed E-state index contributed by atoms with van der Waals surface area (Å²) in [4.78, 5) is 2.50. The predicted octanol–water partition coefficient (Wildman–Crippen LogP) is 3.29. The first-order valence-corrected chi connectivity index (χ1v) is 7.89. The summed E-state index contributed by atoms with van der Waals surface area (Å²) in [7, 11) is 0. The quantitative estimate of drug-likeness (QED) is 0.816. The highest BCUT2D eigenvalue weighted by Crippen LogP contribution is 2.43. The lowest BCUT2D eigenvalue weighted by atomic mass is 9.66. The van der Waals surface area contributed by atoms with Crippen LogP contribution in [0.2, 0.25) is 0 Å². The van der Waals surface area contributed by atoms with Gasteiger partial charge >= 0.3 is 0 Å². The molecular formula is C16H31NO. The summed E-state index contributed by atoms with van der Waals surface area (Å²) >= 11 is 0. The van der Waals surface area contributed by atoms with Gasteiger partial charge in [0.15, 0.2) is 0 Å². The second-order valence-corrected chi connectivity index (χ2v) is 7.20. The number of rotatable bonds is 2. The first-order chi connectivity index (χ1) is 8.42. The van der Waals surface area contributed by atoms with Gasteiger partial charge in [-0.3, -0.25) is 0 Å². The van der Waals surface area contributed by atoms with Crippen molar-refractivity contribution in [1.82, 2.24) is 4.90 Å². The van der Waals surface area contributed by atoms with Gasteiger partial charge in [-0.1, -0.05) is 20.3 Å². The number of aliphatic hydroxyl groups is 1. The van der Waals surface area contributed by atoms with Crippen molar-refractivity contribution in [2.24, 2.45) is 17.8 Å². The third kappa shape index (κ3) is 2.91. The summed E-state index contributed by atoms with van der Waals surface area (Å²) in [6.07, 6.45) is 5.75. The summed E-state index contributed by atoms with van der Waals surface area (Å²) in [6, 6.07) is 0.625. The monoisotopic (exact) mass is 253 g/mol. The van der Waals surface area contributed by atoms with Gasteiger partial charge in [-0.05, 0) is 57.3 Å². The van der Waals surface area contributed by atoms with Crippen molar-refractivity contribution in [3.05, 3.63) is 0 Å². The Balaban J connectivity index is 1.93. The smallest absolute Gasteiger partial charge is 0.0700 e. The summed E-state index contributed by atoms with van der Waals surface area (Å²) in [6.45, 7) is 11.4. The minimum atomic E-state index is -0.361. The fourth-order valence-corrected chi connectivity index (χ4v) is 3.87. The van der Waals surface area contributed by atoms with E-state index >= 15 is 0 Å². The fraction of sp³-hybridized carbons (Fsp3) is 1.00. The molecule has 0 aromatic heterocycles. The number of hydrogen-bond donors (Lipinski definition) is 1. The predicted molar refractivity (Wildman–Crippen MR) is 76.6 cm³/mol. The van der Waals surface area contributed by atoms with Crippen molar-refractivity contribution < 1.29 is 5.11 Å². The molecule has 3 atom stereocenters. The molecule has 18 heavy (non-hydrogen) atoms. The lowest BCUT2D eigenvalue weighted by molar-refractivity contribution is -0.0904. The van der Waals surface area contributed by atoms with Crippen molar-refractivity contribution in [3.8, 4) is 0 Å². The SMILES string of the molecule is CC1CCC(C2(O)CCN(C(C)C)CC2)CC1C. The van der Waals surface area contributed by atoms with Crippen LogP contribution in [0.5, 0.6) is 0 Å². The Bertz CT molecular complexity index is 268. The normalized spacial score (nSPS) is 38.0. The van der Waals surface area contributed by atoms with E-state index in [0.29, 0.717) is 12.0 Å². The molecule has 0 amide bonds. The van der Waals surface area contributed by atoms with Crippen LogP contribution in [0.25, 0.3) is 0 Å². The molecule has 0 spiro atoms. The van der Waals surface area contributed by atoms with Gasteiger partial charge in [0.1, 0.15) is 0 Å². The van der Waals surface area contributed by atoms with E-state index < -0.39 is 0 Å². The topological polar surface area (TPSA) is 23.5 Å². The highest BCUT2D eigenvalue weighted by atomic mass is 16.3. The van der Waals surface area contributed by atoms with E-state index in [1.807, 2.05) is 0 Å². The zero-order valence-corrected chi connectivity index (χ0v) is 12.7. The van der Waals surface area contributed by atoms with Crippen LogP contribution >= 0.6 is 0 Å². The van der Waals surface area contributed by atoms with Gasteiger partial charge in [0, 0.05) is 19.1 Å². The van der Waals surface area contributed by atoms with Crippen LogP contribution in [-0.4, -0.2) is 34.7 Å². The number of hydrogen-bond acceptors (Lipinski definition) is 2. The molecule has 2 rings (SSSR count). The maximum Gasteiger partial charge on any atom is 0.0700 e.